The van der Waals surface area contributed by atoms with Crippen LogP contribution in [0.25, 0.3) is 0 Å². The van der Waals surface area contributed by atoms with Crippen molar-refractivity contribution in [2.24, 2.45) is 0 Å². The molecule has 3 aromatic rings. The van der Waals surface area contributed by atoms with Crippen LogP contribution in [0.5, 0.6) is 11.5 Å². The Labute approximate surface area is 163 Å². The largest absolute Gasteiger partial charge is 0.489 e. The molecule has 0 bridgehead atoms. The molecule has 0 saturated heterocycles. The minimum atomic E-state index is 0.0138. The van der Waals surface area contributed by atoms with Crippen LogP contribution in [-0.4, -0.2) is 0 Å². The van der Waals surface area contributed by atoms with Crippen LogP contribution in [0.1, 0.15) is 49.1 Å². The third-order valence-electron chi connectivity index (χ3n) is 4.21. The Balaban J connectivity index is 0.00000126. The zero-order valence-corrected chi connectivity index (χ0v) is 17.0. The second-order valence-electron chi connectivity index (χ2n) is 6.42. The van der Waals surface area contributed by atoms with E-state index in [1.807, 2.05) is 38.1 Å². The Hall–Kier alpha value is -2.74. The van der Waals surface area contributed by atoms with Crippen LogP contribution in [0.3, 0.4) is 0 Å². The number of hydrogen-bond donors (Lipinski definition) is 0. The summed E-state index contributed by atoms with van der Waals surface area (Å²) in [7, 11) is 0. The van der Waals surface area contributed by atoms with Gasteiger partial charge in [-0.1, -0.05) is 73.5 Å². The van der Waals surface area contributed by atoms with Crippen molar-refractivity contribution in [2.75, 3.05) is 0 Å². The number of rotatable bonds is 6. The van der Waals surface area contributed by atoms with E-state index in [0.717, 1.165) is 11.5 Å². The van der Waals surface area contributed by atoms with Gasteiger partial charge in [-0.15, -0.1) is 0 Å². The van der Waals surface area contributed by atoms with Gasteiger partial charge in [0.25, 0.3) is 0 Å². The minimum Gasteiger partial charge on any atom is -0.489 e. The number of hydrogen-bond acceptors (Lipinski definition) is 2. The summed E-state index contributed by atoms with van der Waals surface area (Å²) in [4.78, 5) is 0. The molecule has 0 heterocycles. The fourth-order valence-corrected chi connectivity index (χ4v) is 2.58. The fourth-order valence-electron chi connectivity index (χ4n) is 2.58. The first-order chi connectivity index (χ1) is 13.1. The van der Waals surface area contributed by atoms with Gasteiger partial charge >= 0.3 is 0 Å². The highest BCUT2D eigenvalue weighted by Crippen LogP contribution is 2.24. The maximum atomic E-state index is 6.02. The predicted octanol–water partition coefficient (Wildman–Crippen LogP) is 7.05. The van der Waals surface area contributed by atoms with Gasteiger partial charge in [-0.3, -0.25) is 0 Å². The molecule has 0 aromatic heterocycles. The first kappa shape index (κ1) is 20.6. The molecule has 0 spiro atoms. The zero-order valence-electron chi connectivity index (χ0n) is 17.0. The predicted molar refractivity (Wildman–Crippen MR) is 114 cm³/mol. The lowest BCUT2D eigenvalue weighted by Gasteiger charge is -2.16. The molecule has 0 aliphatic carbocycles. The van der Waals surface area contributed by atoms with Gasteiger partial charge in [0.15, 0.2) is 0 Å². The lowest BCUT2D eigenvalue weighted by Crippen LogP contribution is -2.03. The van der Waals surface area contributed by atoms with Gasteiger partial charge in [-0.2, -0.15) is 0 Å². The van der Waals surface area contributed by atoms with Crippen molar-refractivity contribution in [1.29, 1.82) is 0 Å². The summed E-state index contributed by atoms with van der Waals surface area (Å²) in [6, 6.07) is 24.6. The van der Waals surface area contributed by atoms with Gasteiger partial charge < -0.3 is 9.47 Å². The lowest BCUT2D eigenvalue weighted by atomic mass is 10.1. The average Bonchev–Trinajstić information content (AvgIpc) is 2.70. The Bertz CT molecular complexity index is 787. The van der Waals surface area contributed by atoms with E-state index in [1.54, 1.807) is 0 Å². The summed E-state index contributed by atoms with van der Waals surface area (Å²) in [5.74, 6) is 1.69. The van der Waals surface area contributed by atoms with Crippen molar-refractivity contribution >= 4 is 0 Å². The molecular formula is C25H30O2. The van der Waals surface area contributed by atoms with E-state index < -0.39 is 0 Å². The Kier molecular flexibility index (Phi) is 7.94. The minimum absolute atomic E-state index is 0.0138. The van der Waals surface area contributed by atoms with E-state index in [9.17, 15) is 0 Å². The summed E-state index contributed by atoms with van der Waals surface area (Å²) >= 11 is 0. The third-order valence-corrected chi connectivity index (χ3v) is 4.21. The van der Waals surface area contributed by atoms with Gasteiger partial charge in [0.05, 0.1) is 0 Å². The van der Waals surface area contributed by atoms with Crippen LogP contribution in [0.2, 0.25) is 0 Å². The monoisotopic (exact) mass is 362 g/mol. The van der Waals surface area contributed by atoms with Gasteiger partial charge in [0.1, 0.15) is 24.2 Å². The van der Waals surface area contributed by atoms with Gasteiger partial charge in [-0.25, -0.2) is 0 Å². The molecule has 142 valence electrons. The summed E-state index contributed by atoms with van der Waals surface area (Å²) in [6.07, 6.45) is 0.0138. The van der Waals surface area contributed by atoms with Crippen LogP contribution in [0, 0.1) is 13.8 Å². The summed E-state index contributed by atoms with van der Waals surface area (Å²) in [6.45, 7) is 10.8. The molecular weight excluding hydrogens is 332 g/mol. The molecule has 0 radical (unpaired) electrons. The first-order valence-corrected chi connectivity index (χ1v) is 9.62. The first-order valence-electron chi connectivity index (χ1n) is 9.62. The molecule has 0 fully saturated rings. The highest BCUT2D eigenvalue weighted by molar-refractivity contribution is 5.33. The van der Waals surface area contributed by atoms with Crippen LogP contribution in [0.15, 0.2) is 72.8 Å². The summed E-state index contributed by atoms with van der Waals surface area (Å²) in [5.41, 5.74) is 4.85. The number of ether oxygens (including phenoxy) is 2. The van der Waals surface area contributed by atoms with E-state index >= 15 is 0 Å². The number of benzene rings is 3. The molecule has 0 amide bonds. The van der Waals surface area contributed by atoms with Crippen molar-refractivity contribution in [3.63, 3.8) is 0 Å². The second kappa shape index (κ2) is 10.4. The average molecular weight is 363 g/mol. The highest BCUT2D eigenvalue weighted by Gasteiger charge is 2.07. The van der Waals surface area contributed by atoms with E-state index in [1.165, 1.54) is 22.3 Å². The van der Waals surface area contributed by atoms with Gasteiger partial charge in [-0.05, 0) is 56.2 Å². The molecule has 1 atom stereocenters. The van der Waals surface area contributed by atoms with Crippen molar-refractivity contribution in [1.82, 2.24) is 0 Å². The summed E-state index contributed by atoms with van der Waals surface area (Å²) < 4.78 is 11.8. The van der Waals surface area contributed by atoms with Crippen molar-refractivity contribution in [3.05, 3.63) is 95.1 Å². The van der Waals surface area contributed by atoms with Crippen LogP contribution in [0.4, 0.5) is 0 Å². The van der Waals surface area contributed by atoms with Crippen LogP contribution in [-0.2, 0) is 6.61 Å². The van der Waals surface area contributed by atoms with Gasteiger partial charge in [0.2, 0.25) is 0 Å². The Morgan fingerprint density at radius 3 is 1.70 bits per heavy atom. The van der Waals surface area contributed by atoms with Crippen molar-refractivity contribution in [2.45, 2.75) is 47.3 Å². The molecule has 0 saturated carbocycles. The molecule has 3 rings (SSSR count). The molecule has 0 N–H and O–H groups in total. The molecule has 2 heteroatoms. The maximum Gasteiger partial charge on any atom is 0.121 e. The quantitative estimate of drug-likeness (QED) is 0.468. The van der Waals surface area contributed by atoms with Crippen LogP contribution >= 0.6 is 0 Å². The Morgan fingerprint density at radius 1 is 0.667 bits per heavy atom. The second-order valence-corrected chi connectivity index (χ2v) is 6.42. The van der Waals surface area contributed by atoms with E-state index in [2.05, 4.69) is 69.3 Å². The third kappa shape index (κ3) is 6.49. The van der Waals surface area contributed by atoms with Crippen LogP contribution < -0.4 is 9.47 Å². The summed E-state index contributed by atoms with van der Waals surface area (Å²) in [5, 5.41) is 0. The molecule has 1 unspecified atom stereocenters. The molecule has 0 aliphatic rings. The number of aryl methyl sites for hydroxylation is 2. The van der Waals surface area contributed by atoms with E-state index in [0.29, 0.717) is 6.61 Å². The zero-order chi connectivity index (χ0) is 19.6. The lowest BCUT2D eigenvalue weighted by molar-refractivity contribution is 0.226. The fraction of sp³-hybridized carbons (Fsp3) is 0.280. The SMILES string of the molecule is CC.Cc1ccc(COc2ccc(OC(C)c3ccc(C)cc3)cc2)cc1. The highest BCUT2D eigenvalue weighted by atomic mass is 16.5. The smallest absolute Gasteiger partial charge is 0.121 e. The van der Waals surface area contributed by atoms with Gasteiger partial charge in [0, 0.05) is 0 Å². The maximum absolute atomic E-state index is 6.02. The molecule has 2 nitrogen and oxygen atoms in total. The standard InChI is InChI=1S/C23H24O2.C2H6/c1-17-4-8-20(9-5-17)16-24-22-12-14-23(15-13-22)25-19(3)21-10-6-18(2)7-11-21;1-2/h4-15,19H,16H2,1-3H3;1-2H3. The van der Waals surface area contributed by atoms with E-state index in [4.69, 9.17) is 9.47 Å². The molecule has 0 aliphatic heterocycles. The van der Waals surface area contributed by atoms with Crippen molar-refractivity contribution in [3.8, 4) is 11.5 Å². The topological polar surface area (TPSA) is 18.5 Å². The Morgan fingerprint density at radius 2 is 1.15 bits per heavy atom. The van der Waals surface area contributed by atoms with E-state index in [-0.39, 0.29) is 6.10 Å². The van der Waals surface area contributed by atoms with Crippen molar-refractivity contribution < 1.29 is 9.47 Å². The molecule has 27 heavy (non-hydrogen) atoms. The molecule has 3 aromatic carbocycles. The normalized spacial score (nSPS) is 11.1.